The molecular formula is C15H25NO6. The quantitative estimate of drug-likeness (QED) is 0.313. The van der Waals surface area contributed by atoms with Gasteiger partial charge in [0.05, 0.1) is 26.0 Å². The Morgan fingerprint density at radius 1 is 1.18 bits per heavy atom. The second-order valence-corrected chi connectivity index (χ2v) is 5.13. The molecule has 7 heteroatoms. The number of hydrogen-bond acceptors (Lipinski definition) is 7. The number of carbonyl (C=O) groups excluding carboxylic acids is 2. The molecule has 1 N–H and O–H groups in total. The number of methoxy groups -OCH3 is 2. The van der Waals surface area contributed by atoms with Crippen LogP contribution in [0.4, 0.5) is 0 Å². The molecule has 0 bridgehead atoms. The summed E-state index contributed by atoms with van der Waals surface area (Å²) in [6.45, 7) is 7.37. The van der Waals surface area contributed by atoms with E-state index in [1.54, 1.807) is 6.92 Å². The third-order valence-corrected chi connectivity index (χ3v) is 3.07. The third-order valence-electron chi connectivity index (χ3n) is 3.07. The number of ether oxygens (including phenoxy) is 3. The molecule has 7 nitrogen and oxygen atoms in total. The van der Waals surface area contributed by atoms with E-state index in [9.17, 15) is 14.7 Å². The second-order valence-electron chi connectivity index (χ2n) is 5.13. The number of hydrogen-bond donors (Lipinski definition) is 1. The van der Waals surface area contributed by atoms with E-state index in [4.69, 9.17) is 4.74 Å². The molecule has 0 heterocycles. The Hall–Kier alpha value is -1.73. The van der Waals surface area contributed by atoms with Crippen LogP contribution in [0.1, 0.15) is 34.1 Å². The fraction of sp³-hybridized carbons (Fsp3) is 0.667. The molecule has 0 aliphatic carbocycles. The number of esters is 2. The van der Waals surface area contributed by atoms with E-state index >= 15 is 0 Å². The Labute approximate surface area is 131 Å². The first-order valence-corrected chi connectivity index (χ1v) is 6.96. The summed E-state index contributed by atoms with van der Waals surface area (Å²) in [5.41, 5.74) is -0.864. The number of rotatable bonds is 8. The molecule has 1 unspecified atom stereocenters. The molecular weight excluding hydrogens is 290 g/mol. The minimum absolute atomic E-state index is 0.0879. The first-order valence-electron chi connectivity index (χ1n) is 6.96. The maximum Gasteiger partial charge on any atom is 0.339 e. The van der Waals surface area contributed by atoms with Gasteiger partial charge in [0.1, 0.15) is 5.57 Å². The highest BCUT2D eigenvalue weighted by molar-refractivity contribution is 6.01. The molecule has 0 radical (unpaired) electrons. The zero-order valence-corrected chi connectivity index (χ0v) is 14.0. The Kier molecular flexibility index (Phi) is 7.97. The van der Waals surface area contributed by atoms with Crippen LogP contribution in [-0.2, 0) is 23.8 Å². The van der Waals surface area contributed by atoms with E-state index in [2.05, 4.69) is 14.5 Å². The lowest BCUT2D eigenvalue weighted by atomic mass is 10.0. The number of aliphatic imine (C=N–C) groups is 1. The largest absolute Gasteiger partial charge is 0.466 e. The van der Waals surface area contributed by atoms with E-state index in [0.29, 0.717) is 6.42 Å². The summed E-state index contributed by atoms with van der Waals surface area (Å²) >= 11 is 0. The second kappa shape index (κ2) is 8.65. The highest BCUT2D eigenvalue weighted by atomic mass is 16.6. The van der Waals surface area contributed by atoms with Crippen molar-refractivity contribution >= 4 is 18.2 Å². The summed E-state index contributed by atoms with van der Waals surface area (Å²) in [6, 6.07) is 0. The Balaban J connectivity index is 5.86. The number of nitrogens with zero attached hydrogens (tertiary/aromatic N) is 1. The molecule has 22 heavy (non-hydrogen) atoms. The van der Waals surface area contributed by atoms with Crippen molar-refractivity contribution in [2.24, 2.45) is 4.99 Å². The van der Waals surface area contributed by atoms with Crippen LogP contribution in [0.3, 0.4) is 0 Å². The van der Waals surface area contributed by atoms with Crippen LogP contribution in [0.2, 0.25) is 0 Å². The molecule has 0 aromatic heterocycles. The van der Waals surface area contributed by atoms with E-state index in [-0.39, 0.29) is 6.61 Å². The molecule has 0 amide bonds. The monoisotopic (exact) mass is 315 g/mol. The zero-order chi connectivity index (χ0) is 17.4. The fourth-order valence-electron chi connectivity index (χ4n) is 1.35. The summed E-state index contributed by atoms with van der Waals surface area (Å²) in [6.07, 6.45) is 2.64. The lowest BCUT2D eigenvalue weighted by Gasteiger charge is -2.27. The van der Waals surface area contributed by atoms with Crippen molar-refractivity contribution in [1.82, 2.24) is 0 Å². The van der Waals surface area contributed by atoms with Crippen LogP contribution in [-0.4, -0.2) is 55.4 Å². The van der Waals surface area contributed by atoms with Crippen LogP contribution in [0.25, 0.3) is 0 Å². The average Bonchev–Trinajstić information content (AvgIpc) is 2.50. The molecule has 126 valence electrons. The van der Waals surface area contributed by atoms with Crippen molar-refractivity contribution in [2.45, 2.75) is 45.4 Å². The first kappa shape index (κ1) is 20.3. The fourth-order valence-corrected chi connectivity index (χ4v) is 1.35. The van der Waals surface area contributed by atoms with Gasteiger partial charge in [-0.15, -0.1) is 0 Å². The zero-order valence-electron chi connectivity index (χ0n) is 14.0. The van der Waals surface area contributed by atoms with Crippen molar-refractivity contribution in [2.75, 3.05) is 20.8 Å². The van der Waals surface area contributed by atoms with Gasteiger partial charge >= 0.3 is 11.9 Å². The normalized spacial score (nSPS) is 15.5. The molecule has 0 aromatic rings. The molecule has 0 aliphatic rings. The Bertz CT molecular complexity index is 455. The number of carbonyl (C=O) groups is 2. The van der Waals surface area contributed by atoms with Gasteiger partial charge in [0, 0.05) is 12.7 Å². The molecule has 0 rings (SSSR count). The Morgan fingerprint density at radius 3 is 2.18 bits per heavy atom. The van der Waals surface area contributed by atoms with Crippen molar-refractivity contribution in [3.05, 3.63) is 11.6 Å². The molecule has 0 saturated carbocycles. The highest BCUT2D eigenvalue weighted by Crippen LogP contribution is 2.21. The lowest BCUT2D eigenvalue weighted by Crippen LogP contribution is -2.41. The lowest BCUT2D eigenvalue weighted by molar-refractivity contribution is -0.152. The van der Waals surface area contributed by atoms with Gasteiger partial charge < -0.3 is 19.3 Å². The van der Waals surface area contributed by atoms with Crippen molar-refractivity contribution in [3.8, 4) is 0 Å². The minimum Gasteiger partial charge on any atom is -0.466 e. The standard InChI is InChI=1S/C15H25NO6/c1-7-14(3,4)16-10-15(19,22-8-2)11(13(18)21-6)9-12(17)20-5/h9-10,19H,7-8H2,1-6H3/b11-9+,16-10?. The summed E-state index contributed by atoms with van der Waals surface area (Å²) in [5, 5.41) is 10.6. The maximum absolute atomic E-state index is 11.9. The van der Waals surface area contributed by atoms with E-state index < -0.39 is 28.8 Å². The summed E-state index contributed by atoms with van der Waals surface area (Å²) in [4.78, 5) is 27.5. The molecule has 0 aromatic carbocycles. The van der Waals surface area contributed by atoms with Crippen LogP contribution in [0, 0.1) is 0 Å². The van der Waals surface area contributed by atoms with Gasteiger partial charge in [-0.2, -0.15) is 0 Å². The first-order chi connectivity index (χ1) is 10.2. The van der Waals surface area contributed by atoms with Crippen molar-refractivity contribution < 1.29 is 28.9 Å². The van der Waals surface area contributed by atoms with Gasteiger partial charge in [0.25, 0.3) is 0 Å². The van der Waals surface area contributed by atoms with Crippen molar-refractivity contribution in [1.29, 1.82) is 0 Å². The van der Waals surface area contributed by atoms with Crippen LogP contribution in [0.5, 0.6) is 0 Å². The van der Waals surface area contributed by atoms with Crippen LogP contribution in [0.15, 0.2) is 16.6 Å². The summed E-state index contributed by atoms with van der Waals surface area (Å²) < 4.78 is 14.3. The predicted octanol–water partition coefficient (Wildman–Crippen LogP) is 1.24. The van der Waals surface area contributed by atoms with Gasteiger partial charge in [-0.05, 0) is 27.2 Å². The van der Waals surface area contributed by atoms with E-state index in [1.165, 1.54) is 0 Å². The molecule has 0 spiro atoms. The molecule has 0 saturated heterocycles. The topological polar surface area (TPSA) is 94.4 Å². The summed E-state index contributed by atoms with van der Waals surface area (Å²) in [7, 11) is 2.29. The molecule has 0 fully saturated rings. The van der Waals surface area contributed by atoms with Gasteiger partial charge in [-0.25, -0.2) is 9.59 Å². The van der Waals surface area contributed by atoms with Gasteiger partial charge in [-0.1, -0.05) is 6.92 Å². The van der Waals surface area contributed by atoms with E-state index in [1.807, 2.05) is 20.8 Å². The molecule has 0 aliphatic heterocycles. The van der Waals surface area contributed by atoms with E-state index in [0.717, 1.165) is 26.5 Å². The van der Waals surface area contributed by atoms with Gasteiger partial charge in [0.2, 0.25) is 5.79 Å². The molecule has 1 atom stereocenters. The Morgan fingerprint density at radius 2 is 1.77 bits per heavy atom. The third kappa shape index (κ3) is 5.95. The van der Waals surface area contributed by atoms with Crippen LogP contribution < -0.4 is 0 Å². The smallest absolute Gasteiger partial charge is 0.339 e. The van der Waals surface area contributed by atoms with Crippen molar-refractivity contribution in [3.63, 3.8) is 0 Å². The maximum atomic E-state index is 11.9. The number of aliphatic hydroxyl groups is 1. The van der Waals surface area contributed by atoms with Crippen LogP contribution >= 0.6 is 0 Å². The van der Waals surface area contributed by atoms with Gasteiger partial charge in [-0.3, -0.25) is 4.99 Å². The SMILES string of the molecule is CCOC(O)(C=NC(C)(C)CC)/C(=C/C(=O)OC)C(=O)OC. The minimum atomic E-state index is -2.18. The van der Waals surface area contributed by atoms with Gasteiger partial charge in [0.15, 0.2) is 0 Å². The highest BCUT2D eigenvalue weighted by Gasteiger charge is 2.38. The predicted molar refractivity (Wildman–Crippen MR) is 81.6 cm³/mol. The average molecular weight is 315 g/mol. The summed E-state index contributed by atoms with van der Waals surface area (Å²) in [5.74, 6) is -3.91.